The van der Waals surface area contributed by atoms with Crippen LogP contribution in [0.1, 0.15) is 63.9 Å². The third-order valence-corrected chi connectivity index (χ3v) is 5.73. The van der Waals surface area contributed by atoms with E-state index in [2.05, 4.69) is 11.9 Å². The lowest BCUT2D eigenvalue weighted by Gasteiger charge is -2.19. The second-order valence-electron chi connectivity index (χ2n) is 7.72. The predicted molar refractivity (Wildman–Crippen MR) is 117 cm³/mol. The van der Waals surface area contributed by atoms with Crippen LogP contribution in [-0.4, -0.2) is 36.1 Å². The van der Waals surface area contributed by atoms with E-state index in [1.807, 2.05) is 0 Å². The lowest BCUT2D eigenvalue weighted by molar-refractivity contribution is 0.395. The first kappa shape index (κ1) is 21.2. The largest absolute Gasteiger partial charge is 0.506 e. The minimum absolute atomic E-state index is 0.0616. The van der Waals surface area contributed by atoms with Crippen molar-refractivity contribution >= 4 is 17.1 Å². The second-order valence-corrected chi connectivity index (χ2v) is 7.72. The summed E-state index contributed by atoms with van der Waals surface area (Å²) in [7, 11) is 3.13. The number of benzene rings is 1. The minimum Gasteiger partial charge on any atom is -0.506 e. The second kappa shape index (κ2) is 9.81. The fraction of sp³-hybridized carbons (Fsp3) is 0.565. The first-order valence-electron chi connectivity index (χ1n) is 10.6. The molecular formula is C23H32N2O4. The third kappa shape index (κ3) is 4.57. The zero-order chi connectivity index (χ0) is 20.8. The number of hydrogen-bond acceptors (Lipinski definition) is 5. The molecule has 1 fully saturated rings. The molecule has 0 unspecified atom stereocenters. The lowest BCUT2D eigenvalue weighted by atomic mass is 9.96. The maximum absolute atomic E-state index is 13.3. The Labute approximate surface area is 172 Å². The number of pyridine rings is 1. The van der Waals surface area contributed by atoms with Gasteiger partial charge >= 0.3 is 0 Å². The fourth-order valence-corrected chi connectivity index (χ4v) is 4.07. The van der Waals surface area contributed by atoms with E-state index >= 15 is 0 Å². The molecule has 0 saturated heterocycles. The molecule has 0 amide bonds. The summed E-state index contributed by atoms with van der Waals surface area (Å²) in [5.74, 6) is 1.02. The molecule has 158 valence electrons. The SMILES string of the molecule is CCCCCn1c(=O)c(C=NC2CCCCC2)c(O)c2cc(OC)cc(OC)c21. The molecule has 1 aromatic carbocycles. The lowest BCUT2D eigenvalue weighted by Crippen LogP contribution is -2.25. The zero-order valence-corrected chi connectivity index (χ0v) is 17.7. The van der Waals surface area contributed by atoms with E-state index < -0.39 is 0 Å². The number of ether oxygens (including phenoxy) is 2. The van der Waals surface area contributed by atoms with Crippen LogP contribution in [-0.2, 0) is 6.54 Å². The van der Waals surface area contributed by atoms with Crippen LogP contribution >= 0.6 is 0 Å². The summed E-state index contributed by atoms with van der Waals surface area (Å²) >= 11 is 0. The Bertz CT molecular complexity index is 927. The van der Waals surface area contributed by atoms with E-state index in [4.69, 9.17) is 9.47 Å². The summed E-state index contributed by atoms with van der Waals surface area (Å²) in [5, 5.41) is 11.5. The molecule has 0 bridgehead atoms. The van der Waals surface area contributed by atoms with Gasteiger partial charge in [0, 0.05) is 30.3 Å². The number of aromatic nitrogens is 1. The Morgan fingerprint density at radius 3 is 2.59 bits per heavy atom. The summed E-state index contributed by atoms with van der Waals surface area (Å²) in [6, 6.07) is 3.72. The van der Waals surface area contributed by atoms with Gasteiger partial charge in [-0.05, 0) is 25.3 Å². The van der Waals surface area contributed by atoms with Gasteiger partial charge in [-0.3, -0.25) is 9.79 Å². The molecule has 0 atom stereocenters. The Balaban J connectivity index is 2.17. The molecule has 1 heterocycles. The van der Waals surface area contributed by atoms with Gasteiger partial charge in [0.15, 0.2) is 0 Å². The van der Waals surface area contributed by atoms with Crippen molar-refractivity contribution in [2.45, 2.75) is 70.9 Å². The van der Waals surface area contributed by atoms with Crippen LogP contribution in [0, 0.1) is 0 Å². The molecular weight excluding hydrogens is 368 g/mol. The van der Waals surface area contributed by atoms with Crippen molar-refractivity contribution in [3.63, 3.8) is 0 Å². The van der Waals surface area contributed by atoms with Crippen LogP contribution in [0.2, 0.25) is 0 Å². The highest BCUT2D eigenvalue weighted by molar-refractivity contribution is 5.98. The zero-order valence-electron chi connectivity index (χ0n) is 17.7. The van der Waals surface area contributed by atoms with Crippen molar-refractivity contribution in [1.82, 2.24) is 4.57 Å². The number of unbranched alkanes of at least 4 members (excludes halogenated alkanes) is 2. The monoisotopic (exact) mass is 400 g/mol. The summed E-state index contributed by atoms with van der Waals surface area (Å²) in [6.45, 7) is 2.70. The van der Waals surface area contributed by atoms with E-state index in [0.29, 0.717) is 28.9 Å². The van der Waals surface area contributed by atoms with Crippen LogP contribution < -0.4 is 15.0 Å². The van der Waals surface area contributed by atoms with Crippen molar-refractivity contribution in [3.8, 4) is 17.2 Å². The smallest absolute Gasteiger partial charge is 0.263 e. The topological polar surface area (TPSA) is 73.1 Å². The Hall–Kier alpha value is -2.50. The first-order chi connectivity index (χ1) is 14.1. The molecule has 0 radical (unpaired) electrons. The molecule has 1 saturated carbocycles. The van der Waals surface area contributed by atoms with Crippen molar-refractivity contribution < 1.29 is 14.6 Å². The van der Waals surface area contributed by atoms with Crippen molar-refractivity contribution in [3.05, 3.63) is 28.0 Å². The number of hydrogen-bond donors (Lipinski definition) is 1. The fourth-order valence-electron chi connectivity index (χ4n) is 4.07. The normalized spacial score (nSPS) is 15.3. The van der Waals surface area contributed by atoms with Crippen molar-refractivity contribution in [1.29, 1.82) is 0 Å². The van der Waals surface area contributed by atoms with E-state index in [-0.39, 0.29) is 22.9 Å². The van der Waals surface area contributed by atoms with Crippen molar-refractivity contribution in [2.75, 3.05) is 14.2 Å². The van der Waals surface area contributed by atoms with Gasteiger partial charge in [-0.2, -0.15) is 0 Å². The van der Waals surface area contributed by atoms with Crippen LogP contribution in [0.5, 0.6) is 17.2 Å². The number of aliphatic imine (C=N–C) groups is 1. The average Bonchev–Trinajstić information content (AvgIpc) is 2.76. The highest BCUT2D eigenvalue weighted by atomic mass is 16.5. The van der Waals surface area contributed by atoms with Gasteiger partial charge in [-0.1, -0.05) is 39.0 Å². The summed E-state index contributed by atoms with van der Waals surface area (Å²) in [5.41, 5.74) is 0.616. The first-order valence-corrected chi connectivity index (χ1v) is 10.6. The maximum Gasteiger partial charge on any atom is 0.263 e. The molecule has 1 N–H and O–H groups in total. The van der Waals surface area contributed by atoms with E-state index in [1.54, 1.807) is 37.1 Å². The molecule has 0 spiro atoms. The molecule has 0 aliphatic heterocycles. The molecule has 1 aliphatic rings. The van der Waals surface area contributed by atoms with Gasteiger partial charge in [-0.25, -0.2) is 0 Å². The van der Waals surface area contributed by atoms with Gasteiger partial charge in [0.2, 0.25) is 0 Å². The average molecular weight is 401 g/mol. The van der Waals surface area contributed by atoms with Gasteiger partial charge in [0.05, 0.1) is 19.7 Å². The number of aryl methyl sites for hydroxylation is 1. The van der Waals surface area contributed by atoms with Crippen LogP contribution in [0.3, 0.4) is 0 Å². The Morgan fingerprint density at radius 1 is 1.17 bits per heavy atom. The Kier molecular flexibility index (Phi) is 7.18. The van der Waals surface area contributed by atoms with Gasteiger partial charge in [0.25, 0.3) is 5.56 Å². The van der Waals surface area contributed by atoms with Crippen LogP contribution in [0.25, 0.3) is 10.9 Å². The van der Waals surface area contributed by atoms with E-state index in [1.165, 1.54) is 19.3 Å². The molecule has 1 aromatic heterocycles. The highest BCUT2D eigenvalue weighted by Crippen LogP contribution is 2.36. The molecule has 3 rings (SSSR count). The van der Waals surface area contributed by atoms with E-state index in [9.17, 15) is 9.90 Å². The number of fused-ring (bicyclic) bond motifs is 1. The molecule has 1 aliphatic carbocycles. The predicted octanol–water partition coefficient (Wildman–Crippen LogP) is 4.67. The molecule has 6 heteroatoms. The summed E-state index contributed by atoms with van der Waals surface area (Å²) in [4.78, 5) is 18.0. The van der Waals surface area contributed by atoms with Gasteiger partial charge in [-0.15, -0.1) is 0 Å². The van der Waals surface area contributed by atoms with E-state index in [0.717, 1.165) is 32.1 Å². The van der Waals surface area contributed by atoms with Crippen LogP contribution in [0.15, 0.2) is 21.9 Å². The summed E-state index contributed by atoms with van der Waals surface area (Å²) in [6.07, 6.45) is 10.2. The summed E-state index contributed by atoms with van der Waals surface area (Å²) < 4.78 is 12.6. The highest BCUT2D eigenvalue weighted by Gasteiger charge is 2.20. The number of methoxy groups -OCH3 is 2. The molecule has 29 heavy (non-hydrogen) atoms. The maximum atomic E-state index is 13.3. The van der Waals surface area contributed by atoms with Gasteiger partial charge < -0.3 is 19.1 Å². The van der Waals surface area contributed by atoms with Gasteiger partial charge in [0.1, 0.15) is 22.8 Å². The van der Waals surface area contributed by atoms with Crippen molar-refractivity contribution in [2.24, 2.45) is 4.99 Å². The molecule has 6 nitrogen and oxygen atoms in total. The number of aromatic hydroxyl groups is 1. The van der Waals surface area contributed by atoms with Crippen LogP contribution in [0.4, 0.5) is 0 Å². The standard InChI is InChI=1S/C23H32N2O4/c1-4-5-9-12-25-21-18(13-17(28-2)14-20(21)29-3)22(26)19(23(25)27)15-24-16-10-7-6-8-11-16/h13-16,26H,4-12H2,1-3H3. The minimum atomic E-state index is -0.228. The third-order valence-electron chi connectivity index (χ3n) is 5.73. The Morgan fingerprint density at radius 2 is 1.93 bits per heavy atom. The molecule has 2 aromatic rings. The number of rotatable bonds is 8. The number of nitrogens with zero attached hydrogens (tertiary/aromatic N) is 2. The quantitative estimate of drug-likeness (QED) is 0.516.